The number of hydrogen-bond acceptors (Lipinski definition) is 4. The summed E-state index contributed by atoms with van der Waals surface area (Å²) in [5.41, 5.74) is 0. The molecule has 34 heavy (non-hydrogen) atoms. The highest BCUT2D eigenvalue weighted by atomic mass is 29.2. The van der Waals surface area contributed by atoms with Crippen molar-refractivity contribution in [2.75, 3.05) is 7.05 Å². The van der Waals surface area contributed by atoms with Crippen molar-refractivity contribution in [1.29, 1.82) is 0 Å². The molecule has 0 bridgehead atoms. The minimum Gasteiger partial charge on any atom is -0.317 e. The second-order valence-electron chi connectivity index (χ2n) is 11.6. The molecule has 0 radical (unpaired) electrons. The van der Waals surface area contributed by atoms with Crippen LogP contribution in [-0.4, -0.2) is 104 Å². The third kappa shape index (κ3) is 11.8. The van der Waals surface area contributed by atoms with Crippen LogP contribution < -0.4 is 0 Å². The molecule has 0 aromatic carbocycles. The summed E-state index contributed by atoms with van der Waals surface area (Å²) in [6.45, 7) is 33.1. The van der Waals surface area contributed by atoms with Crippen molar-refractivity contribution in [2.24, 2.45) is 0 Å². The van der Waals surface area contributed by atoms with Gasteiger partial charge in [0.05, 0.1) is 0 Å². The Bertz CT molecular complexity index is 443. The van der Waals surface area contributed by atoms with E-state index >= 15 is 0 Å². The van der Waals surface area contributed by atoms with Gasteiger partial charge in [-0.2, -0.15) is 0 Å². The molecule has 0 N–H and O–H groups in total. The first-order valence-electron chi connectivity index (χ1n) is 14.7. The van der Waals surface area contributed by atoms with Crippen molar-refractivity contribution in [3.05, 3.63) is 0 Å². The predicted molar refractivity (Wildman–Crippen MR) is 172 cm³/mol. The molecule has 208 valence electrons. The molecule has 0 rings (SSSR count). The molecule has 0 aliphatic rings. The molecule has 5 unspecified atom stereocenters. The van der Waals surface area contributed by atoms with Crippen molar-refractivity contribution >= 4 is 36.8 Å². The maximum Gasteiger partial charge on any atom is 0.165 e. The normalized spacial score (nSPS) is 18.2. The highest BCUT2D eigenvalue weighted by Crippen LogP contribution is 2.20. The van der Waals surface area contributed by atoms with Crippen molar-refractivity contribution in [1.82, 2.24) is 18.3 Å². The van der Waals surface area contributed by atoms with Crippen molar-refractivity contribution in [2.45, 2.75) is 165 Å². The van der Waals surface area contributed by atoms with E-state index in [1.165, 1.54) is 45.2 Å². The first-order chi connectivity index (χ1) is 15.6. The zero-order valence-corrected chi connectivity index (χ0v) is 33.1. The summed E-state index contributed by atoms with van der Waals surface area (Å²) < 4.78 is 11.2. The van der Waals surface area contributed by atoms with E-state index in [-0.39, 0.29) is 0 Å². The molecule has 0 aromatic heterocycles. The largest absolute Gasteiger partial charge is 0.317 e. The fraction of sp³-hybridized carbons (Fsp3) is 1.00. The number of nitrogens with zero attached hydrogens (tertiary/aromatic N) is 4. The molecule has 0 saturated heterocycles. The quantitative estimate of drug-likeness (QED) is 0.291. The van der Waals surface area contributed by atoms with Crippen LogP contribution in [0.1, 0.15) is 123 Å². The molecule has 0 aliphatic heterocycles. The second kappa shape index (κ2) is 18.9. The fourth-order valence-corrected chi connectivity index (χ4v) is 24.0. The van der Waals surface area contributed by atoms with Gasteiger partial charge < -0.3 is 18.3 Å². The Hall–Kier alpha value is 0.708. The van der Waals surface area contributed by atoms with Crippen LogP contribution in [0.15, 0.2) is 0 Å². The molecule has 8 heteroatoms. The van der Waals surface area contributed by atoms with Crippen LogP contribution in [0.5, 0.6) is 0 Å². The molecule has 4 nitrogen and oxygen atoms in total. The fourth-order valence-electron chi connectivity index (χ4n) is 5.44. The Labute approximate surface area is 226 Å². The van der Waals surface area contributed by atoms with Gasteiger partial charge in [0.2, 0.25) is 0 Å². The van der Waals surface area contributed by atoms with E-state index in [4.69, 9.17) is 0 Å². The lowest BCUT2D eigenvalue weighted by atomic mass is 10.2. The average Bonchev–Trinajstić information content (AvgIpc) is 2.77. The predicted octanol–water partition coefficient (Wildman–Crippen LogP) is 3.40. The van der Waals surface area contributed by atoms with Crippen LogP contribution in [0.2, 0.25) is 0 Å². The molecule has 0 fully saturated rings. The summed E-state index contributed by atoms with van der Waals surface area (Å²) in [5.74, 6) is 0. The van der Waals surface area contributed by atoms with Gasteiger partial charge >= 0.3 is 0 Å². The zero-order chi connectivity index (χ0) is 27.3. The molecule has 5 atom stereocenters. The standard InChI is InChI=1S/C16H40N2Si2.C10H28N2Si2/c1-9-13(5)17(14(6)10-2)20(19)18(15(7)11-3)16(8)12-4;1-8(2)11(7)14(13)12(9(3)4)10(5)6/h13-16,20H,9-12H2,1-8,19H3;8-10,14H,1-7,13H3. The highest BCUT2D eigenvalue weighted by molar-refractivity contribution is 7.00. The molecular weight excluding hydrogens is 481 g/mol. The van der Waals surface area contributed by atoms with Crippen molar-refractivity contribution in [3.63, 3.8) is 0 Å². The van der Waals surface area contributed by atoms with Crippen LogP contribution >= 0.6 is 0 Å². The Balaban J connectivity index is 0. The summed E-state index contributed by atoms with van der Waals surface area (Å²) in [7, 11) is 3.29. The van der Waals surface area contributed by atoms with Gasteiger partial charge in [-0.3, -0.25) is 0 Å². The maximum absolute atomic E-state index is 2.94. The Kier molecular flexibility index (Phi) is 20.5. The molecule has 0 spiro atoms. The Morgan fingerprint density at radius 1 is 0.471 bits per heavy atom. The van der Waals surface area contributed by atoms with E-state index in [9.17, 15) is 0 Å². The van der Waals surface area contributed by atoms with E-state index in [1.807, 2.05) is 0 Å². The van der Waals surface area contributed by atoms with Gasteiger partial charge in [-0.15, -0.1) is 0 Å². The third-order valence-electron chi connectivity index (χ3n) is 8.29. The van der Waals surface area contributed by atoms with E-state index in [2.05, 4.69) is 122 Å². The summed E-state index contributed by atoms with van der Waals surface area (Å²) in [5, 5.41) is 0. The number of hydrogen-bond donors (Lipinski definition) is 0. The zero-order valence-electron chi connectivity index (χ0n) is 26.8. The summed E-state index contributed by atoms with van der Waals surface area (Å²) >= 11 is 0. The summed E-state index contributed by atoms with van der Waals surface area (Å²) in [6.07, 6.45) is 5.13. The van der Waals surface area contributed by atoms with Crippen LogP contribution in [0.3, 0.4) is 0 Å². The van der Waals surface area contributed by atoms with Gasteiger partial charge in [-0.05, 0) is 50.9 Å². The molecule has 0 aliphatic carbocycles. The van der Waals surface area contributed by atoms with Crippen LogP contribution in [0.25, 0.3) is 0 Å². The van der Waals surface area contributed by atoms with Crippen molar-refractivity contribution < 1.29 is 0 Å². The lowest BCUT2D eigenvalue weighted by Gasteiger charge is -2.48. The van der Waals surface area contributed by atoms with Gasteiger partial charge in [0.25, 0.3) is 0 Å². The Morgan fingerprint density at radius 3 is 0.912 bits per heavy atom. The molecule has 0 aromatic rings. The molecule has 0 heterocycles. The minimum absolute atomic E-state index is 0.698. The smallest absolute Gasteiger partial charge is 0.165 e. The molecule has 0 saturated carbocycles. The highest BCUT2D eigenvalue weighted by Gasteiger charge is 2.33. The van der Waals surface area contributed by atoms with E-state index in [1.54, 1.807) is 0 Å². The van der Waals surface area contributed by atoms with Crippen molar-refractivity contribution in [3.8, 4) is 0 Å². The number of rotatable bonds is 15. The first kappa shape index (κ1) is 36.9. The third-order valence-corrected chi connectivity index (χ3v) is 23.7. The van der Waals surface area contributed by atoms with Gasteiger partial charge in [0, 0.05) is 43.7 Å². The SMILES string of the molecule is CC(C)N(C)[SiH]([SiH3])N(C(C)C)C(C)C.CCC(C)N(C(C)CC)[SiH]([SiH3])N(C(C)CC)C(C)CC. The average molecular weight is 549 g/mol. The maximum atomic E-state index is 2.94. The lowest BCUT2D eigenvalue weighted by Crippen LogP contribution is -2.63. The topological polar surface area (TPSA) is 13.0 Å². The second-order valence-corrected chi connectivity index (χ2v) is 22.9. The minimum atomic E-state index is -0.929. The monoisotopic (exact) mass is 548 g/mol. The molecule has 0 amide bonds. The van der Waals surface area contributed by atoms with E-state index in [0.717, 1.165) is 24.2 Å². The van der Waals surface area contributed by atoms with Gasteiger partial charge in [-0.1, -0.05) is 96.9 Å². The molecular formula is C26H68N4Si4. The van der Waals surface area contributed by atoms with Crippen LogP contribution in [0.4, 0.5) is 0 Å². The van der Waals surface area contributed by atoms with Gasteiger partial charge in [0.1, 0.15) is 0 Å². The van der Waals surface area contributed by atoms with Gasteiger partial charge in [-0.25, -0.2) is 0 Å². The van der Waals surface area contributed by atoms with Crippen LogP contribution in [0, 0.1) is 0 Å². The Morgan fingerprint density at radius 2 is 0.735 bits per heavy atom. The van der Waals surface area contributed by atoms with Gasteiger partial charge in [0.15, 0.2) is 17.3 Å². The van der Waals surface area contributed by atoms with E-state index in [0.29, 0.717) is 18.1 Å². The first-order valence-corrected chi connectivity index (χ1v) is 26.0. The summed E-state index contributed by atoms with van der Waals surface area (Å²) in [6, 6.07) is 5.08. The van der Waals surface area contributed by atoms with E-state index < -0.39 is 17.3 Å². The van der Waals surface area contributed by atoms with Crippen LogP contribution in [-0.2, 0) is 0 Å². The lowest BCUT2D eigenvalue weighted by molar-refractivity contribution is 0.195. The summed E-state index contributed by atoms with van der Waals surface area (Å²) in [4.78, 5) is 0.